The van der Waals surface area contributed by atoms with Crippen LogP contribution in [0.2, 0.25) is 0 Å². The molecule has 0 aromatic heterocycles. The predicted octanol–water partition coefficient (Wildman–Crippen LogP) is 2.71. The van der Waals surface area contributed by atoms with Crippen LogP contribution in [0.25, 0.3) is 0 Å². The maximum Gasteiger partial charge on any atom is 0.456 e. The van der Waals surface area contributed by atoms with Crippen LogP contribution in [-0.2, 0) is 19.1 Å². The number of rotatable bonds is 7. The molecule has 0 radical (unpaired) electrons. The molecule has 9 heteroatoms. The smallest absolute Gasteiger partial charge is 0.456 e. The minimum atomic E-state index is -5.78. The predicted molar refractivity (Wildman–Crippen MR) is 57.0 cm³/mol. The number of alkyl halides is 5. The lowest BCUT2D eigenvalue weighted by molar-refractivity contribution is -0.294. The summed E-state index contributed by atoms with van der Waals surface area (Å²) in [6.45, 7) is 0.804. The third-order valence-corrected chi connectivity index (χ3v) is 2.39. The molecule has 20 heavy (non-hydrogen) atoms. The fourth-order valence-corrected chi connectivity index (χ4v) is 0.869. The molecule has 4 nitrogen and oxygen atoms in total. The fraction of sp³-hybridized carbons (Fsp3) is 0.818. The second-order valence-corrected chi connectivity index (χ2v) is 4.09. The molecular weight excluding hydrogens is 291 g/mol. The van der Waals surface area contributed by atoms with Crippen molar-refractivity contribution in [1.29, 1.82) is 0 Å². The molecule has 0 aromatic rings. The highest BCUT2D eigenvalue weighted by Crippen LogP contribution is 2.35. The Morgan fingerprint density at radius 2 is 1.65 bits per heavy atom. The van der Waals surface area contributed by atoms with E-state index in [1.165, 1.54) is 0 Å². The Hall–Kier alpha value is -1.41. The van der Waals surface area contributed by atoms with Gasteiger partial charge in [-0.1, -0.05) is 13.8 Å². The summed E-state index contributed by atoms with van der Waals surface area (Å²) in [7, 11) is 0. The van der Waals surface area contributed by atoms with Gasteiger partial charge in [-0.2, -0.15) is 22.0 Å². The zero-order chi connectivity index (χ0) is 16.0. The molecule has 0 aromatic carbocycles. The van der Waals surface area contributed by atoms with E-state index in [1.807, 2.05) is 0 Å². The Morgan fingerprint density at radius 3 is 2.10 bits per heavy atom. The number of hydrogen-bond acceptors (Lipinski definition) is 4. The number of carbonyl (C=O) groups is 2. The van der Waals surface area contributed by atoms with Gasteiger partial charge < -0.3 is 9.47 Å². The van der Waals surface area contributed by atoms with Gasteiger partial charge in [-0.15, -0.1) is 0 Å². The molecule has 0 rings (SSSR count). The first kappa shape index (κ1) is 18.6. The van der Waals surface area contributed by atoms with Crippen LogP contribution >= 0.6 is 0 Å². The van der Waals surface area contributed by atoms with Crippen molar-refractivity contribution < 1.29 is 41.0 Å². The standard InChI is InChI=1S/C11H15F5O4/c1-3-7(2)9(18)19-5-4-8(17)20-6-10(12,13)11(14,15)16/h7H,3-6H2,1-2H3. The number of ether oxygens (including phenoxy) is 2. The van der Waals surface area contributed by atoms with E-state index in [4.69, 9.17) is 0 Å². The van der Waals surface area contributed by atoms with Crippen LogP contribution in [0.3, 0.4) is 0 Å². The first-order valence-electron chi connectivity index (χ1n) is 5.78. The largest absolute Gasteiger partial charge is 0.465 e. The molecule has 0 amide bonds. The molecule has 0 spiro atoms. The molecule has 0 aliphatic heterocycles. The molecule has 0 heterocycles. The van der Waals surface area contributed by atoms with Crippen LogP contribution in [0.1, 0.15) is 26.7 Å². The summed E-state index contributed by atoms with van der Waals surface area (Å²) >= 11 is 0. The van der Waals surface area contributed by atoms with Crippen LogP contribution in [0, 0.1) is 5.92 Å². The Bertz CT molecular complexity index is 340. The van der Waals surface area contributed by atoms with Crippen molar-refractivity contribution in [3.63, 3.8) is 0 Å². The monoisotopic (exact) mass is 306 g/mol. The second kappa shape index (κ2) is 7.39. The maximum atomic E-state index is 12.4. The lowest BCUT2D eigenvalue weighted by Crippen LogP contribution is -2.41. The summed E-state index contributed by atoms with van der Waals surface area (Å²) in [4.78, 5) is 22.1. The SMILES string of the molecule is CCC(C)C(=O)OCCC(=O)OCC(F)(F)C(F)(F)F. The van der Waals surface area contributed by atoms with E-state index in [-0.39, 0.29) is 5.92 Å². The third-order valence-electron chi connectivity index (χ3n) is 2.39. The average molecular weight is 306 g/mol. The summed E-state index contributed by atoms with van der Waals surface area (Å²) in [5.74, 6) is -7.37. The van der Waals surface area contributed by atoms with E-state index < -0.39 is 43.7 Å². The van der Waals surface area contributed by atoms with Gasteiger partial charge in [0.1, 0.15) is 6.61 Å². The number of esters is 2. The summed E-state index contributed by atoms with van der Waals surface area (Å²) in [6, 6.07) is 0. The highest BCUT2D eigenvalue weighted by atomic mass is 19.4. The van der Waals surface area contributed by atoms with Gasteiger partial charge in [-0.25, -0.2) is 0 Å². The summed E-state index contributed by atoms with van der Waals surface area (Å²) in [5.41, 5.74) is 0. The zero-order valence-electron chi connectivity index (χ0n) is 10.9. The van der Waals surface area contributed by atoms with E-state index in [0.29, 0.717) is 6.42 Å². The highest BCUT2D eigenvalue weighted by molar-refractivity contribution is 5.73. The van der Waals surface area contributed by atoms with Crippen molar-refractivity contribution in [2.24, 2.45) is 5.92 Å². The summed E-state index contributed by atoms with van der Waals surface area (Å²) in [6.07, 6.45) is -5.85. The second-order valence-electron chi connectivity index (χ2n) is 4.09. The molecule has 0 saturated carbocycles. The van der Waals surface area contributed by atoms with Crippen molar-refractivity contribution in [3.05, 3.63) is 0 Å². The quantitative estimate of drug-likeness (QED) is 0.536. The molecule has 0 aliphatic carbocycles. The molecule has 0 bridgehead atoms. The van der Waals surface area contributed by atoms with Crippen molar-refractivity contribution in [1.82, 2.24) is 0 Å². The molecule has 0 fully saturated rings. The van der Waals surface area contributed by atoms with E-state index in [2.05, 4.69) is 9.47 Å². The van der Waals surface area contributed by atoms with Crippen molar-refractivity contribution >= 4 is 11.9 Å². The van der Waals surface area contributed by atoms with Crippen molar-refractivity contribution in [3.8, 4) is 0 Å². The molecule has 118 valence electrons. The van der Waals surface area contributed by atoms with Gasteiger partial charge in [0.05, 0.1) is 12.3 Å². The van der Waals surface area contributed by atoms with E-state index in [1.54, 1.807) is 13.8 Å². The first-order chi connectivity index (χ1) is 9.01. The van der Waals surface area contributed by atoms with Crippen LogP contribution in [-0.4, -0.2) is 37.3 Å². The van der Waals surface area contributed by atoms with Crippen molar-refractivity contribution in [2.45, 2.75) is 38.8 Å². The highest BCUT2D eigenvalue weighted by Gasteiger charge is 2.58. The number of hydrogen-bond donors (Lipinski definition) is 0. The molecule has 1 unspecified atom stereocenters. The molecule has 0 saturated heterocycles. The van der Waals surface area contributed by atoms with Crippen LogP contribution in [0.5, 0.6) is 0 Å². The van der Waals surface area contributed by atoms with Crippen molar-refractivity contribution in [2.75, 3.05) is 13.2 Å². The molecule has 0 aliphatic rings. The Balaban J connectivity index is 4.00. The van der Waals surface area contributed by atoms with Crippen LogP contribution in [0.15, 0.2) is 0 Å². The normalized spacial score (nSPS) is 13.8. The van der Waals surface area contributed by atoms with E-state index in [0.717, 1.165) is 0 Å². The van der Waals surface area contributed by atoms with Gasteiger partial charge in [-0.05, 0) is 6.42 Å². The fourth-order valence-electron chi connectivity index (χ4n) is 0.869. The Labute approximate surface area is 112 Å². The molecule has 1 atom stereocenters. The minimum Gasteiger partial charge on any atom is -0.465 e. The third kappa shape index (κ3) is 6.16. The number of carbonyl (C=O) groups excluding carboxylic acids is 2. The minimum absolute atomic E-state index is 0.388. The number of halogens is 5. The Morgan fingerprint density at radius 1 is 1.10 bits per heavy atom. The first-order valence-corrected chi connectivity index (χ1v) is 5.78. The topological polar surface area (TPSA) is 52.6 Å². The average Bonchev–Trinajstić information content (AvgIpc) is 2.33. The van der Waals surface area contributed by atoms with Gasteiger partial charge in [0.2, 0.25) is 0 Å². The van der Waals surface area contributed by atoms with Gasteiger partial charge >= 0.3 is 24.0 Å². The van der Waals surface area contributed by atoms with Gasteiger partial charge in [0.25, 0.3) is 0 Å². The Kier molecular flexibility index (Phi) is 6.87. The lowest BCUT2D eigenvalue weighted by atomic mass is 10.1. The molecule has 0 N–H and O–H groups in total. The van der Waals surface area contributed by atoms with Gasteiger partial charge in [0, 0.05) is 0 Å². The summed E-state index contributed by atoms with van der Waals surface area (Å²) in [5, 5.41) is 0. The maximum absolute atomic E-state index is 12.4. The van der Waals surface area contributed by atoms with Gasteiger partial charge in [-0.3, -0.25) is 9.59 Å². The zero-order valence-corrected chi connectivity index (χ0v) is 10.9. The van der Waals surface area contributed by atoms with Crippen LogP contribution in [0.4, 0.5) is 22.0 Å². The van der Waals surface area contributed by atoms with Gasteiger partial charge in [0.15, 0.2) is 6.61 Å². The van der Waals surface area contributed by atoms with E-state index >= 15 is 0 Å². The lowest BCUT2D eigenvalue weighted by Gasteiger charge is -2.19. The summed E-state index contributed by atoms with van der Waals surface area (Å²) < 4.78 is 68.5. The van der Waals surface area contributed by atoms with E-state index in [9.17, 15) is 31.5 Å². The molecular formula is C11H15F5O4. The van der Waals surface area contributed by atoms with Crippen LogP contribution < -0.4 is 0 Å².